The molecule has 22 heavy (non-hydrogen) atoms. The third kappa shape index (κ3) is 3.36. The number of hydrogen-bond acceptors (Lipinski definition) is 5. The van der Waals surface area contributed by atoms with Crippen LogP contribution < -0.4 is 0 Å². The van der Waals surface area contributed by atoms with Crippen LogP contribution in [-0.4, -0.2) is 26.2 Å². The van der Waals surface area contributed by atoms with Crippen LogP contribution in [-0.2, 0) is 19.1 Å². The van der Waals surface area contributed by atoms with Gasteiger partial charge in [0.1, 0.15) is 11.3 Å². The number of ether oxygens (including phenoxy) is 2. The minimum absolute atomic E-state index is 0.0660. The standard InChI is InChI=1S/C17H18O5/c1-10-5-11(2)17-13(6-10)7-14(22-17)12(8-15(18)20-3)9-16(19)21-4/h5-8H,9H2,1-4H3/b12-8+. The SMILES string of the molecule is COC(=O)/C=C(\CC(=O)OC)c1cc2cc(C)cc(C)c2o1. The van der Waals surface area contributed by atoms with E-state index in [1.807, 2.05) is 32.0 Å². The van der Waals surface area contributed by atoms with Gasteiger partial charge in [-0.2, -0.15) is 0 Å². The summed E-state index contributed by atoms with van der Waals surface area (Å²) in [6, 6.07) is 5.82. The molecule has 0 aliphatic carbocycles. The molecule has 1 aromatic carbocycles. The van der Waals surface area contributed by atoms with E-state index in [1.54, 1.807) is 0 Å². The minimum atomic E-state index is -0.549. The van der Waals surface area contributed by atoms with Crippen molar-refractivity contribution < 1.29 is 23.5 Å². The van der Waals surface area contributed by atoms with Crippen molar-refractivity contribution in [2.24, 2.45) is 0 Å². The van der Waals surface area contributed by atoms with Gasteiger partial charge in [-0.1, -0.05) is 11.6 Å². The third-order valence-electron chi connectivity index (χ3n) is 3.32. The Hall–Kier alpha value is -2.56. The van der Waals surface area contributed by atoms with Crippen LogP contribution in [0.1, 0.15) is 23.3 Å². The van der Waals surface area contributed by atoms with Crippen LogP contribution in [0.2, 0.25) is 0 Å². The summed E-state index contributed by atoms with van der Waals surface area (Å²) in [5, 5.41) is 0.924. The Balaban J connectivity index is 2.51. The highest BCUT2D eigenvalue weighted by Gasteiger charge is 2.16. The normalized spacial score (nSPS) is 11.5. The van der Waals surface area contributed by atoms with Crippen molar-refractivity contribution in [3.8, 4) is 0 Å². The summed E-state index contributed by atoms with van der Waals surface area (Å²) in [4.78, 5) is 23.1. The lowest BCUT2D eigenvalue weighted by molar-refractivity contribution is -0.139. The van der Waals surface area contributed by atoms with Gasteiger partial charge in [-0.25, -0.2) is 4.79 Å². The maximum atomic E-state index is 11.5. The fourth-order valence-corrected chi connectivity index (χ4v) is 2.31. The van der Waals surface area contributed by atoms with Crippen molar-refractivity contribution in [2.75, 3.05) is 14.2 Å². The number of furan rings is 1. The molecule has 0 saturated heterocycles. The van der Waals surface area contributed by atoms with Gasteiger partial charge in [0.05, 0.1) is 20.6 Å². The number of carbonyl (C=O) groups excluding carboxylic acids is 2. The lowest BCUT2D eigenvalue weighted by atomic mass is 10.1. The van der Waals surface area contributed by atoms with Gasteiger partial charge in [-0.15, -0.1) is 0 Å². The topological polar surface area (TPSA) is 65.7 Å². The number of fused-ring (bicyclic) bond motifs is 1. The van der Waals surface area contributed by atoms with Crippen LogP contribution >= 0.6 is 0 Å². The van der Waals surface area contributed by atoms with Gasteiger partial charge < -0.3 is 13.9 Å². The highest BCUT2D eigenvalue weighted by Crippen LogP contribution is 2.29. The molecule has 0 atom stereocenters. The zero-order valence-corrected chi connectivity index (χ0v) is 13.1. The summed E-state index contributed by atoms with van der Waals surface area (Å²) in [7, 11) is 2.57. The highest BCUT2D eigenvalue weighted by molar-refractivity contribution is 5.97. The molecule has 116 valence electrons. The van der Waals surface area contributed by atoms with Gasteiger partial charge >= 0.3 is 11.9 Å². The minimum Gasteiger partial charge on any atom is -0.469 e. The Morgan fingerprint density at radius 1 is 1.14 bits per heavy atom. The van der Waals surface area contributed by atoms with Crippen molar-refractivity contribution in [1.29, 1.82) is 0 Å². The van der Waals surface area contributed by atoms with E-state index in [1.165, 1.54) is 20.3 Å². The van der Waals surface area contributed by atoms with Crippen molar-refractivity contribution in [2.45, 2.75) is 20.3 Å². The van der Waals surface area contributed by atoms with Gasteiger partial charge in [0, 0.05) is 17.0 Å². The molecule has 0 saturated carbocycles. The average molecular weight is 302 g/mol. The number of benzene rings is 1. The number of hydrogen-bond donors (Lipinski definition) is 0. The van der Waals surface area contributed by atoms with Crippen LogP contribution in [0.15, 0.2) is 28.7 Å². The van der Waals surface area contributed by atoms with Gasteiger partial charge in [0.15, 0.2) is 0 Å². The number of methoxy groups -OCH3 is 2. The van der Waals surface area contributed by atoms with E-state index in [2.05, 4.69) is 9.47 Å². The molecule has 0 spiro atoms. The summed E-state index contributed by atoms with van der Waals surface area (Å²) < 4.78 is 15.1. The molecule has 2 rings (SSSR count). The first-order valence-corrected chi connectivity index (χ1v) is 6.81. The first-order chi connectivity index (χ1) is 10.4. The summed E-state index contributed by atoms with van der Waals surface area (Å²) >= 11 is 0. The zero-order valence-electron chi connectivity index (χ0n) is 13.1. The van der Waals surface area contributed by atoms with Crippen LogP contribution in [0.3, 0.4) is 0 Å². The van der Waals surface area contributed by atoms with Crippen molar-refractivity contribution >= 4 is 28.5 Å². The fourth-order valence-electron chi connectivity index (χ4n) is 2.31. The molecule has 0 aliphatic heterocycles. The van der Waals surface area contributed by atoms with Gasteiger partial charge in [0.25, 0.3) is 0 Å². The molecule has 0 aliphatic rings. The van der Waals surface area contributed by atoms with E-state index in [4.69, 9.17) is 4.42 Å². The second-order valence-electron chi connectivity index (χ2n) is 5.06. The average Bonchev–Trinajstić information content (AvgIpc) is 2.90. The molecular formula is C17H18O5. The molecule has 0 unspecified atom stereocenters. The van der Waals surface area contributed by atoms with E-state index in [9.17, 15) is 9.59 Å². The molecule has 0 N–H and O–H groups in total. The molecule has 0 bridgehead atoms. The maximum Gasteiger partial charge on any atom is 0.330 e. The first-order valence-electron chi connectivity index (χ1n) is 6.81. The van der Waals surface area contributed by atoms with E-state index in [0.29, 0.717) is 11.3 Å². The second-order valence-corrected chi connectivity index (χ2v) is 5.06. The third-order valence-corrected chi connectivity index (χ3v) is 3.32. The predicted molar refractivity (Wildman–Crippen MR) is 82.3 cm³/mol. The van der Waals surface area contributed by atoms with Crippen molar-refractivity contribution in [3.05, 3.63) is 41.2 Å². The smallest absolute Gasteiger partial charge is 0.330 e. The molecule has 5 heteroatoms. The lowest BCUT2D eigenvalue weighted by Gasteiger charge is -2.03. The first kappa shape index (κ1) is 15.8. The Labute approximate surface area is 128 Å². The largest absolute Gasteiger partial charge is 0.469 e. The number of carbonyl (C=O) groups is 2. The van der Waals surface area contributed by atoms with Gasteiger partial charge in [0.2, 0.25) is 0 Å². The summed E-state index contributed by atoms with van der Waals surface area (Å²) in [6.07, 6.45) is 1.18. The maximum absolute atomic E-state index is 11.5. The molecule has 0 amide bonds. The van der Waals surface area contributed by atoms with Crippen LogP contribution in [0, 0.1) is 13.8 Å². The van der Waals surface area contributed by atoms with Crippen molar-refractivity contribution in [1.82, 2.24) is 0 Å². The zero-order chi connectivity index (χ0) is 16.3. The quantitative estimate of drug-likeness (QED) is 0.641. The molecular weight excluding hydrogens is 284 g/mol. The Morgan fingerprint density at radius 3 is 2.50 bits per heavy atom. The van der Waals surface area contributed by atoms with Crippen LogP contribution in [0.5, 0.6) is 0 Å². The van der Waals surface area contributed by atoms with E-state index >= 15 is 0 Å². The Kier molecular flexibility index (Phi) is 4.65. The molecule has 5 nitrogen and oxygen atoms in total. The molecule has 1 aromatic heterocycles. The number of rotatable bonds is 4. The van der Waals surface area contributed by atoms with E-state index < -0.39 is 11.9 Å². The molecule has 0 fully saturated rings. The Morgan fingerprint density at radius 2 is 1.86 bits per heavy atom. The lowest BCUT2D eigenvalue weighted by Crippen LogP contribution is -2.04. The molecule has 2 aromatic rings. The van der Waals surface area contributed by atoms with Crippen LogP contribution in [0.25, 0.3) is 16.5 Å². The predicted octanol–water partition coefficient (Wildman–Crippen LogP) is 3.17. The van der Waals surface area contributed by atoms with Crippen molar-refractivity contribution in [3.63, 3.8) is 0 Å². The van der Waals surface area contributed by atoms with Crippen LogP contribution in [0.4, 0.5) is 0 Å². The highest BCUT2D eigenvalue weighted by atomic mass is 16.5. The summed E-state index contributed by atoms with van der Waals surface area (Å²) in [5.41, 5.74) is 3.27. The molecule has 0 radical (unpaired) electrons. The van der Waals surface area contributed by atoms with Gasteiger partial charge in [-0.05, 0) is 31.5 Å². The number of aryl methyl sites for hydroxylation is 2. The van der Waals surface area contributed by atoms with E-state index in [-0.39, 0.29) is 6.42 Å². The van der Waals surface area contributed by atoms with E-state index in [0.717, 1.165) is 22.1 Å². The summed E-state index contributed by atoms with van der Waals surface area (Å²) in [6.45, 7) is 3.95. The fraction of sp³-hybridized carbons (Fsp3) is 0.294. The van der Waals surface area contributed by atoms with Gasteiger partial charge in [-0.3, -0.25) is 4.79 Å². The summed E-state index contributed by atoms with van der Waals surface area (Å²) in [5.74, 6) is -0.546. The molecule has 1 heterocycles. The number of esters is 2. The second kappa shape index (κ2) is 6.47. The monoisotopic (exact) mass is 302 g/mol. The Bertz CT molecular complexity index is 752.